The van der Waals surface area contributed by atoms with Gasteiger partial charge in [-0.25, -0.2) is 4.39 Å². The Morgan fingerprint density at radius 2 is 2.23 bits per heavy atom. The number of anilines is 1. The van der Waals surface area contributed by atoms with Gasteiger partial charge in [-0.15, -0.1) is 0 Å². The Labute approximate surface area is 81.9 Å². The smallest absolute Gasteiger partial charge is 0.125 e. The lowest BCUT2D eigenvalue weighted by molar-refractivity contribution is 0.628. The average molecular weight is 200 g/mol. The first kappa shape index (κ1) is 8.82. The molecule has 13 heavy (non-hydrogen) atoms. The highest BCUT2D eigenvalue weighted by atomic mass is 35.5. The number of halogens is 2. The number of hydrogen-bond acceptors (Lipinski definition) is 1. The summed E-state index contributed by atoms with van der Waals surface area (Å²) in [5.74, 6) is 0.516. The third kappa shape index (κ3) is 2.34. The van der Waals surface area contributed by atoms with Gasteiger partial charge < -0.3 is 5.32 Å². The molecule has 0 atom stereocenters. The topological polar surface area (TPSA) is 12.0 Å². The van der Waals surface area contributed by atoms with E-state index >= 15 is 0 Å². The lowest BCUT2D eigenvalue weighted by Gasteiger charge is -2.06. The van der Waals surface area contributed by atoms with Crippen molar-refractivity contribution in [1.29, 1.82) is 0 Å². The van der Waals surface area contributed by atoms with Crippen LogP contribution < -0.4 is 5.32 Å². The normalized spacial score (nSPS) is 15.8. The van der Waals surface area contributed by atoms with Crippen LogP contribution in [0, 0.1) is 11.7 Å². The SMILES string of the molecule is Fc1ccc(Cl)c(NCC2CC2)c1. The standard InChI is InChI=1S/C10H11ClFN/c11-9-4-3-8(12)5-10(9)13-6-7-1-2-7/h3-5,7,13H,1-2,6H2. The van der Waals surface area contributed by atoms with E-state index < -0.39 is 0 Å². The maximum atomic E-state index is 12.8. The zero-order valence-electron chi connectivity index (χ0n) is 7.19. The van der Waals surface area contributed by atoms with Crippen molar-refractivity contribution >= 4 is 17.3 Å². The third-order valence-corrected chi connectivity index (χ3v) is 2.54. The van der Waals surface area contributed by atoms with E-state index in [1.54, 1.807) is 6.07 Å². The highest BCUT2D eigenvalue weighted by molar-refractivity contribution is 6.33. The van der Waals surface area contributed by atoms with E-state index in [0.29, 0.717) is 10.7 Å². The average Bonchev–Trinajstić information content (AvgIpc) is 2.90. The molecule has 0 spiro atoms. The Hall–Kier alpha value is -0.760. The van der Waals surface area contributed by atoms with Gasteiger partial charge in [0.1, 0.15) is 5.82 Å². The molecule has 0 aliphatic heterocycles. The number of nitrogens with one attached hydrogen (secondary N) is 1. The van der Waals surface area contributed by atoms with E-state index in [1.807, 2.05) is 0 Å². The van der Waals surface area contributed by atoms with Crippen molar-refractivity contribution in [3.05, 3.63) is 29.0 Å². The monoisotopic (exact) mass is 199 g/mol. The molecule has 0 saturated heterocycles. The van der Waals surface area contributed by atoms with E-state index in [9.17, 15) is 4.39 Å². The first-order chi connectivity index (χ1) is 6.25. The van der Waals surface area contributed by atoms with Crippen molar-refractivity contribution in [1.82, 2.24) is 0 Å². The summed E-state index contributed by atoms with van der Waals surface area (Å²) in [6.45, 7) is 0.906. The second-order valence-electron chi connectivity index (χ2n) is 3.45. The van der Waals surface area contributed by atoms with Crippen molar-refractivity contribution in [3.8, 4) is 0 Å². The van der Waals surface area contributed by atoms with Gasteiger partial charge in [0.2, 0.25) is 0 Å². The molecular formula is C10H11ClFN. The van der Waals surface area contributed by atoms with Crippen LogP contribution in [0.15, 0.2) is 18.2 Å². The molecule has 1 aliphatic rings. The van der Waals surface area contributed by atoms with Crippen LogP contribution in [0.2, 0.25) is 5.02 Å². The maximum absolute atomic E-state index is 12.8. The highest BCUT2D eigenvalue weighted by Crippen LogP contribution is 2.30. The molecular weight excluding hydrogens is 189 g/mol. The summed E-state index contributed by atoms with van der Waals surface area (Å²) in [7, 11) is 0. The van der Waals surface area contributed by atoms with Crippen LogP contribution in [0.5, 0.6) is 0 Å². The van der Waals surface area contributed by atoms with Gasteiger partial charge in [-0.3, -0.25) is 0 Å². The molecule has 0 amide bonds. The summed E-state index contributed by atoms with van der Waals surface area (Å²) in [6, 6.07) is 4.38. The van der Waals surface area contributed by atoms with Crippen molar-refractivity contribution in [3.63, 3.8) is 0 Å². The number of rotatable bonds is 3. The van der Waals surface area contributed by atoms with Gasteiger partial charge in [0.15, 0.2) is 0 Å². The van der Waals surface area contributed by atoms with Gasteiger partial charge in [0, 0.05) is 6.54 Å². The molecule has 70 valence electrons. The van der Waals surface area contributed by atoms with E-state index in [-0.39, 0.29) is 5.82 Å². The minimum Gasteiger partial charge on any atom is -0.383 e. The Morgan fingerprint density at radius 3 is 2.92 bits per heavy atom. The van der Waals surface area contributed by atoms with E-state index in [2.05, 4.69) is 5.32 Å². The predicted molar refractivity (Wildman–Crippen MR) is 52.6 cm³/mol. The van der Waals surface area contributed by atoms with E-state index in [4.69, 9.17) is 11.6 Å². The molecule has 0 aromatic heterocycles. The Balaban J connectivity index is 2.03. The van der Waals surface area contributed by atoms with Crippen LogP contribution >= 0.6 is 11.6 Å². The van der Waals surface area contributed by atoms with E-state index in [0.717, 1.165) is 12.5 Å². The molecule has 0 radical (unpaired) electrons. The molecule has 0 bridgehead atoms. The fourth-order valence-electron chi connectivity index (χ4n) is 1.21. The molecule has 1 fully saturated rings. The molecule has 3 heteroatoms. The summed E-state index contributed by atoms with van der Waals surface area (Å²) in [4.78, 5) is 0. The second kappa shape index (κ2) is 3.54. The lowest BCUT2D eigenvalue weighted by atomic mass is 10.3. The van der Waals surface area contributed by atoms with Crippen LogP contribution in [0.1, 0.15) is 12.8 Å². The minimum atomic E-state index is -0.248. The summed E-state index contributed by atoms with van der Waals surface area (Å²) < 4.78 is 12.8. The van der Waals surface area contributed by atoms with Gasteiger partial charge in [0.05, 0.1) is 10.7 Å². The fraction of sp³-hybridized carbons (Fsp3) is 0.400. The summed E-state index contributed by atoms with van der Waals surface area (Å²) in [5, 5.41) is 3.73. The second-order valence-corrected chi connectivity index (χ2v) is 3.86. The molecule has 0 heterocycles. The van der Waals surface area contributed by atoms with Crippen LogP contribution in [-0.2, 0) is 0 Å². The van der Waals surface area contributed by atoms with Gasteiger partial charge in [-0.2, -0.15) is 0 Å². The maximum Gasteiger partial charge on any atom is 0.125 e. The van der Waals surface area contributed by atoms with Crippen molar-refractivity contribution in [2.24, 2.45) is 5.92 Å². The van der Waals surface area contributed by atoms with Crippen molar-refractivity contribution in [2.75, 3.05) is 11.9 Å². The fourth-order valence-corrected chi connectivity index (χ4v) is 1.39. The molecule has 1 aliphatic carbocycles. The first-order valence-electron chi connectivity index (χ1n) is 4.44. The van der Waals surface area contributed by atoms with Gasteiger partial charge in [-0.05, 0) is 37.0 Å². The summed E-state index contributed by atoms with van der Waals surface area (Å²) >= 11 is 5.87. The zero-order chi connectivity index (χ0) is 9.26. The molecule has 1 saturated carbocycles. The third-order valence-electron chi connectivity index (χ3n) is 2.21. The highest BCUT2D eigenvalue weighted by Gasteiger charge is 2.20. The lowest BCUT2D eigenvalue weighted by Crippen LogP contribution is -2.03. The first-order valence-corrected chi connectivity index (χ1v) is 4.82. The number of benzene rings is 1. The number of hydrogen-bond donors (Lipinski definition) is 1. The predicted octanol–water partition coefficient (Wildman–Crippen LogP) is 3.30. The molecule has 0 unspecified atom stereocenters. The van der Waals surface area contributed by atoms with Crippen molar-refractivity contribution in [2.45, 2.75) is 12.8 Å². The Morgan fingerprint density at radius 1 is 1.46 bits per heavy atom. The molecule has 1 N–H and O–H groups in total. The Bertz CT molecular complexity index is 310. The zero-order valence-corrected chi connectivity index (χ0v) is 7.94. The molecule has 1 nitrogen and oxygen atoms in total. The quantitative estimate of drug-likeness (QED) is 0.788. The van der Waals surface area contributed by atoms with Gasteiger partial charge >= 0.3 is 0 Å². The Kier molecular flexibility index (Phi) is 2.40. The van der Waals surface area contributed by atoms with Crippen LogP contribution in [0.4, 0.5) is 10.1 Å². The van der Waals surface area contributed by atoms with Crippen LogP contribution in [-0.4, -0.2) is 6.54 Å². The van der Waals surface area contributed by atoms with Crippen LogP contribution in [0.25, 0.3) is 0 Å². The van der Waals surface area contributed by atoms with Gasteiger partial charge in [-0.1, -0.05) is 11.6 Å². The van der Waals surface area contributed by atoms with Crippen molar-refractivity contribution < 1.29 is 4.39 Å². The van der Waals surface area contributed by atoms with Crippen LogP contribution in [0.3, 0.4) is 0 Å². The molecule has 1 aromatic rings. The minimum absolute atomic E-state index is 0.248. The summed E-state index contributed by atoms with van der Waals surface area (Å²) in [5.41, 5.74) is 0.702. The van der Waals surface area contributed by atoms with E-state index in [1.165, 1.54) is 25.0 Å². The molecule has 2 rings (SSSR count). The summed E-state index contributed by atoms with van der Waals surface area (Å²) in [6.07, 6.45) is 2.56. The van der Waals surface area contributed by atoms with Gasteiger partial charge in [0.25, 0.3) is 0 Å². The molecule has 1 aromatic carbocycles. The largest absolute Gasteiger partial charge is 0.383 e.